The number of carboxylic acids is 2. The molecule has 0 aliphatic carbocycles. The Labute approximate surface area is 204 Å². The highest BCUT2D eigenvalue weighted by atomic mass is 16.5. The molecule has 0 aliphatic heterocycles. The van der Waals surface area contributed by atoms with Crippen LogP contribution in [0.2, 0.25) is 0 Å². The number of nitrogens with one attached hydrogen (secondary N) is 1. The fourth-order valence-corrected chi connectivity index (χ4v) is 3.81. The smallest absolute Gasteiger partial charge is 0.326 e. The molecule has 0 bridgehead atoms. The Morgan fingerprint density at radius 1 is 0.765 bits per heavy atom. The summed E-state index contributed by atoms with van der Waals surface area (Å²) in [5.41, 5.74) is 0.250. The molecule has 0 radical (unpaired) electrons. The lowest BCUT2D eigenvalue weighted by Gasteiger charge is -2.12. The number of carboxylic acid groups (broad SMARTS) is 2. The number of rotatable bonds is 21. The molecule has 7 heteroatoms. The number of ether oxygens (including phenoxy) is 1. The summed E-state index contributed by atoms with van der Waals surface area (Å²) in [5.74, 6) is -2.66. The van der Waals surface area contributed by atoms with E-state index in [0.29, 0.717) is 12.4 Å². The van der Waals surface area contributed by atoms with Crippen LogP contribution < -0.4 is 10.1 Å². The number of unbranched alkanes of at least 4 members (excludes halogenated alkanes) is 13. The SMILES string of the molecule is CCCCCCCCCCCCCCCCOc1ccc(C(=O)N[C@@H](CC(=O)O)C(=O)O)cc1. The Morgan fingerprint density at radius 2 is 1.24 bits per heavy atom. The van der Waals surface area contributed by atoms with E-state index in [-0.39, 0.29) is 5.56 Å². The minimum absolute atomic E-state index is 0.250. The maximum absolute atomic E-state index is 12.2. The summed E-state index contributed by atoms with van der Waals surface area (Å²) in [6.07, 6.45) is 17.6. The Bertz CT molecular complexity index is 704. The third kappa shape index (κ3) is 14.6. The van der Waals surface area contributed by atoms with Crippen LogP contribution in [0.15, 0.2) is 24.3 Å². The molecular weight excluding hydrogens is 434 g/mol. The zero-order valence-corrected chi connectivity index (χ0v) is 20.7. The lowest BCUT2D eigenvalue weighted by molar-refractivity contribution is -0.145. The van der Waals surface area contributed by atoms with Crippen molar-refractivity contribution < 1.29 is 29.3 Å². The monoisotopic (exact) mass is 477 g/mol. The van der Waals surface area contributed by atoms with Crippen molar-refractivity contribution in [3.8, 4) is 5.75 Å². The number of amides is 1. The Balaban J connectivity index is 2.08. The van der Waals surface area contributed by atoms with E-state index in [0.717, 1.165) is 12.8 Å². The maximum atomic E-state index is 12.2. The van der Waals surface area contributed by atoms with Gasteiger partial charge in [-0.25, -0.2) is 4.79 Å². The van der Waals surface area contributed by atoms with Crippen LogP contribution in [0, 0.1) is 0 Å². The van der Waals surface area contributed by atoms with Crippen molar-refractivity contribution in [2.75, 3.05) is 6.61 Å². The van der Waals surface area contributed by atoms with E-state index in [2.05, 4.69) is 12.2 Å². The molecule has 0 saturated heterocycles. The highest BCUT2D eigenvalue weighted by Gasteiger charge is 2.23. The van der Waals surface area contributed by atoms with Crippen LogP contribution in [-0.4, -0.2) is 40.7 Å². The molecule has 1 aromatic rings. The zero-order chi connectivity index (χ0) is 25.0. The number of carbonyl (C=O) groups is 3. The summed E-state index contributed by atoms with van der Waals surface area (Å²) in [6.45, 7) is 2.87. The second kappa shape index (κ2) is 18.8. The standard InChI is InChI=1S/C27H43NO6/c1-2-3-4-5-6-7-8-9-10-11-12-13-14-15-20-34-23-18-16-22(17-19-23)26(31)28-24(27(32)33)21-25(29)30/h16-19,24H,2-15,20-21H2,1H3,(H,28,31)(H,29,30)(H,32,33)/t24-/m0/s1. The number of carbonyl (C=O) groups excluding carboxylic acids is 1. The van der Waals surface area contributed by atoms with Crippen molar-refractivity contribution in [2.24, 2.45) is 0 Å². The van der Waals surface area contributed by atoms with Gasteiger partial charge in [0.1, 0.15) is 11.8 Å². The summed E-state index contributed by atoms with van der Waals surface area (Å²) in [5, 5.41) is 20.0. The van der Waals surface area contributed by atoms with Gasteiger partial charge in [0.25, 0.3) is 5.91 Å². The topological polar surface area (TPSA) is 113 Å². The number of benzene rings is 1. The van der Waals surface area contributed by atoms with Crippen molar-refractivity contribution in [3.63, 3.8) is 0 Å². The van der Waals surface area contributed by atoms with Crippen LogP contribution in [-0.2, 0) is 9.59 Å². The first kappa shape index (κ1) is 29.5. The summed E-state index contributed by atoms with van der Waals surface area (Å²) in [7, 11) is 0. The number of hydrogen-bond donors (Lipinski definition) is 3. The van der Waals surface area contributed by atoms with Crippen molar-refractivity contribution in [1.29, 1.82) is 0 Å². The van der Waals surface area contributed by atoms with E-state index in [1.807, 2.05) is 0 Å². The van der Waals surface area contributed by atoms with Gasteiger partial charge in [-0.3, -0.25) is 9.59 Å². The average molecular weight is 478 g/mol. The Hall–Kier alpha value is -2.57. The summed E-state index contributed by atoms with van der Waals surface area (Å²) >= 11 is 0. The Morgan fingerprint density at radius 3 is 1.68 bits per heavy atom. The molecule has 0 saturated carbocycles. The second-order valence-corrected chi connectivity index (χ2v) is 8.93. The zero-order valence-electron chi connectivity index (χ0n) is 20.7. The lowest BCUT2D eigenvalue weighted by Crippen LogP contribution is -2.42. The van der Waals surface area contributed by atoms with E-state index in [4.69, 9.17) is 14.9 Å². The van der Waals surface area contributed by atoms with Crippen LogP contribution in [0.25, 0.3) is 0 Å². The predicted molar refractivity (Wildman–Crippen MR) is 133 cm³/mol. The van der Waals surface area contributed by atoms with Gasteiger partial charge in [-0.2, -0.15) is 0 Å². The molecule has 7 nitrogen and oxygen atoms in total. The van der Waals surface area contributed by atoms with Gasteiger partial charge in [-0.15, -0.1) is 0 Å². The van der Waals surface area contributed by atoms with Crippen molar-refractivity contribution in [2.45, 2.75) is 109 Å². The van der Waals surface area contributed by atoms with E-state index in [1.165, 1.54) is 89.2 Å². The van der Waals surface area contributed by atoms with E-state index in [9.17, 15) is 14.4 Å². The van der Waals surface area contributed by atoms with Crippen LogP contribution in [0.4, 0.5) is 0 Å². The second-order valence-electron chi connectivity index (χ2n) is 8.93. The van der Waals surface area contributed by atoms with Crippen molar-refractivity contribution >= 4 is 17.8 Å². The molecule has 0 heterocycles. The first-order valence-electron chi connectivity index (χ1n) is 12.9. The van der Waals surface area contributed by atoms with Gasteiger partial charge >= 0.3 is 11.9 Å². The fourth-order valence-electron chi connectivity index (χ4n) is 3.81. The molecule has 1 aromatic carbocycles. The van der Waals surface area contributed by atoms with Gasteiger partial charge in [0.15, 0.2) is 0 Å². The maximum Gasteiger partial charge on any atom is 0.326 e. The quantitative estimate of drug-likeness (QED) is 0.182. The molecule has 34 heavy (non-hydrogen) atoms. The third-order valence-corrected chi connectivity index (χ3v) is 5.87. The molecule has 0 spiro atoms. The van der Waals surface area contributed by atoms with Gasteiger partial charge in [-0.1, -0.05) is 90.4 Å². The molecule has 0 unspecified atom stereocenters. The molecule has 1 rings (SSSR count). The van der Waals surface area contributed by atoms with Gasteiger partial charge in [-0.05, 0) is 30.7 Å². The van der Waals surface area contributed by atoms with Gasteiger partial charge in [0.2, 0.25) is 0 Å². The molecule has 0 fully saturated rings. The van der Waals surface area contributed by atoms with Gasteiger partial charge in [0, 0.05) is 5.56 Å². The number of aliphatic carboxylic acids is 2. The Kier molecular flexibility index (Phi) is 16.3. The molecule has 1 amide bonds. The summed E-state index contributed by atoms with van der Waals surface area (Å²) < 4.78 is 5.72. The van der Waals surface area contributed by atoms with Gasteiger partial charge in [0.05, 0.1) is 13.0 Å². The van der Waals surface area contributed by atoms with Crippen LogP contribution >= 0.6 is 0 Å². The van der Waals surface area contributed by atoms with Crippen LogP contribution in [0.1, 0.15) is 114 Å². The largest absolute Gasteiger partial charge is 0.494 e. The molecular formula is C27H43NO6. The predicted octanol–water partition coefficient (Wildman–Crippen LogP) is 6.20. The van der Waals surface area contributed by atoms with Gasteiger partial charge < -0.3 is 20.3 Å². The minimum Gasteiger partial charge on any atom is -0.494 e. The van der Waals surface area contributed by atoms with Crippen LogP contribution in [0.3, 0.4) is 0 Å². The highest BCUT2D eigenvalue weighted by molar-refractivity contribution is 5.97. The summed E-state index contributed by atoms with van der Waals surface area (Å²) in [6, 6.07) is 4.92. The average Bonchev–Trinajstić information content (AvgIpc) is 2.81. The van der Waals surface area contributed by atoms with Crippen molar-refractivity contribution in [3.05, 3.63) is 29.8 Å². The minimum atomic E-state index is -1.47. The molecule has 0 aliphatic rings. The molecule has 3 N–H and O–H groups in total. The fraction of sp³-hybridized carbons (Fsp3) is 0.667. The third-order valence-electron chi connectivity index (χ3n) is 5.87. The normalized spacial score (nSPS) is 11.7. The molecule has 192 valence electrons. The van der Waals surface area contributed by atoms with Crippen LogP contribution in [0.5, 0.6) is 5.75 Å². The first-order valence-corrected chi connectivity index (χ1v) is 12.9. The van der Waals surface area contributed by atoms with E-state index in [1.54, 1.807) is 12.1 Å². The summed E-state index contributed by atoms with van der Waals surface area (Å²) in [4.78, 5) is 34.0. The highest BCUT2D eigenvalue weighted by Crippen LogP contribution is 2.15. The van der Waals surface area contributed by atoms with E-state index >= 15 is 0 Å². The molecule has 1 atom stereocenters. The number of hydrogen-bond acceptors (Lipinski definition) is 4. The lowest BCUT2D eigenvalue weighted by atomic mass is 10.0. The molecule has 0 aromatic heterocycles. The van der Waals surface area contributed by atoms with E-state index < -0.39 is 30.3 Å². The van der Waals surface area contributed by atoms with Crippen molar-refractivity contribution in [1.82, 2.24) is 5.32 Å². The first-order chi connectivity index (χ1) is 16.4.